The number of thioether (sulfide) groups is 1. The first kappa shape index (κ1) is 15.9. The van der Waals surface area contributed by atoms with Gasteiger partial charge in [-0.3, -0.25) is 5.41 Å². The molecule has 1 N–H and O–H groups in total. The second kappa shape index (κ2) is 6.24. The van der Waals surface area contributed by atoms with Crippen LogP contribution < -0.4 is 0 Å². The molecule has 0 amide bonds. The van der Waals surface area contributed by atoms with E-state index in [-0.39, 0.29) is 22.5 Å². The summed E-state index contributed by atoms with van der Waals surface area (Å²) in [6.07, 6.45) is 1.11. The quantitative estimate of drug-likeness (QED) is 0.370. The lowest BCUT2D eigenvalue weighted by Crippen LogP contribution is -2.37. The minimum atomic E-state index is -1.57. The van der Waals surface area contributed by atoms with Crippen molar-refractivity contribution in [2.24, 2.45) is 12.0 Å². The molecule has 0 saturated carbocycles. The fourth-order valence-corrected chi connectivity index (χ4v) is 4.24. The summed E-state index contributed by atoms with van der Waals surface area (Å²) in [5, 5.41) is 20.7. The first-order valence-electron chi connectivity index (χ1n) is 6.78. The van der Waals surface area contributed by atoms with E-state index in [1.807, 2.05) is 16.7 Å². The van der Waals surface area contributed by atoms with Gasteiger partial charge in [0, 0.05) is 30.0 Å². The fraction of sp³-hybridized carbons (Fsp3) is 0.417. The molecule has 122 valence electrons. The highest BCUT2D eigenvalue weighted by atomic mass is 32.2. The van der Waals surface area contributed by atoms with Crippen LogP contribution >= 0.6 is 11.8 Å². The van der Waals surface area contributed by atoms with Crippen LogP contribution in [0, 0.1) is 15.5 Å². The molecular formula is C12H14N6O3S2. The Bertz CT molecular complexity index is 763. The monoisotopic (exact) mass is 354 g/mol. The van der Waals surface area contributed by atoms with E-state index >= 15 is 0 Å². The van der Waals surface area contributed by atoms with Crippen molar-refractivity contribution >= 4 is 39.3 Å². The maximum atomic E-state index is 12.3. The van der Waals surface area contributed by atoms with Crippen LogP contribution in [0.2, 0.25) is 0 Å². The number of nitro groups is 1. The standard InChI is InChI=1S/C12H14N6O3S2/c1-16-9(18(19)20)6-14-11(16)12-15-8(7-23(12)21)10(13)17-2-4-22-5-3-17/h6-7,13H,2-5H2,1H3. The molecule has 1 atom stereocenters. The van der Waals surface area contributed by atoms with E-state index in [1.54, 1.807) is 0 Å². The lowest BCUT2D eigenvalue weighted by atomic mass is 10.3. The molecule has 0 spiro atoms. The van der Waals surface area contributed by atoms with Crippen molar-refractivity contribution in [1.29, 1.82) is 5.41 Å². The van der Waals surface area contributed by atoms with Crippen LogP contribution in [-0.4, -0.2) is 59.1 Å². The van der Waals surface area contributed by atoms with Crippen LogP contribution in [0.4, 0.5) is 5.82 Å². The fourth-order valence-electron chi connectivity index (χ4n) is 2.30. The van der Waals surface area contributed by atoms with Crippen LogP contribution in [0.3, 0.4) is 0 Å². The number of nitrogens with one attached hydrogen (secondary N) is 1. The molecule has 1 unspecified atom stereocenters. The van der Waals surface area contributed by atoms with Gasteiger partial charge < -0.3 is 15.0 Å². The number of imidazole rings is 1. The summed E-state index contributed by atoms with van der Waals surface area (Å²) in [6, 6.07) is 0. The molecule has 1 aromatic heterocycles. The Morgan fingerprint density at radius 2 is 2.17 bits per heavy atom. The van der Waals surface area contributed by atoms with Crippen LogP contribution in [0.1, 0.15) is 5.82 Å². The van der Waals surface area contributed by atoms with E-state index in [9.17, 15) is 14.3 Å². The molecule has 3 rings (SSSR count). The SMILES string of the molecule is Cn1c([N+](=O)[O-])cnc1C1=NC(C(=N)N2CCSCC2)=CS1=O. The normalized spacial score (nSPS) is 21.1. The Hall–Kier alpha value is -2.01. The molecular weight excluding hydrogens is 340 g/mol. The third-order valence-electron chi connectivity index (χ3n) is 3.54. The molecule has 1 saturated heterocycles. The van der Waals surface area contributed by atoms with Gasteiger partial charge in [-0.15, -0.1) is 0 Å². The molecule has 23 heavy (non-hydrogen) atoms. The highest BCUT2D eigenvalue weighted by Crippen LogP contribution is 2.22. The molecule has 1 fully saturated rings. The first-order chi connectivity index (χ1) is 11.0. The van der Waals surface area contributed by atoms with Gasteiger partial charge in [-0.1, -0.05) is 0 Å². The van der Waals surface area contributed by atoms with E-state index in [1.165, 1.54) is 17.0 Å². The number of amidine groups is 1. The lowest BCUT2D eigenvalue weighted by molar-refractivity contribution is -0.391. The molecule has 11 heteroatoms. The molecule has 9 nitrogen and oxygen atoms in total. The number of hydrogen-bond donors (Lipinski definition) is 1. The van der Waals surface area contributed by atoms with Gasteiger partial charge in [0.25, 0.3) is 5.82 Å². The number of rotatable bonds is 3. The van der Waals surface area contributed by atoms with E-state index in [2.05, 4.69) is 9.98 Å². The minimum Gasteiger partial charge on any atom is -0.358 e. The highest BCUT2D eigenvalue weighted by molar-refractivity contribution is 8.04. The van der Waals surface area contributed by atoms with Gasteiger partial charge >= 0.3 is 5.82 Å². The Morgan fingerprint density at radius 3 is 2.78 bits per heavy atom. The van der Waals surface area contributed by atoms with Gasteiger partial charge in [-0.2, -0.15) is 11.8 Å². The molecule has 1 aromatic rings. The van der Waals surface area contributed by atoms with Crippen molar-refractivity contribution in [3.63, 3.8) is 0 Å². The molecule has 2 aliphatic rings. The maximum absolute atomic E-state index is 12.3. The summed E-state index contributed by atoms with van der Waals surface area (Å²) >= 11 is 1.83. The Morgan fingerprint density at radius 1 is 1.48 bits per heavy atom. The number of aromatic nitrogens is 2. The second-order valence-electron chi connectivity index (χ2n) is 4.92. The topological polar surface area (TPSA) is 117 Å². The third-order valence-corrected chi connectivity index (χ3v) is 5.58. The van der Waals surface area contributed by atoms with Crippen molar-refractivity contribution in [2.75, 3.05) is 24.6 Å². The molecule has 3 heterocycles. The largest absolute Gasteiger partial charge is 0.358 e. The molecule has 0 aliphatic carbocycles. The van der Waals surface area contributed by atoms with Gasteiger partial charge in [0.1, 0.15) is 28.5 Å². The van der Waals surface area contributed by atoms with Gasteiger partial charge in [-0.05, 0) is 4.92 Å². The summed E-state index contributed by atoms with van der Waals surface area (Å²) in [5.41, 5.74) is 0.330. The van der Waals surface area contributed by atoms with Crippen LogP contribution in [-0.2, 0) is 17.8 Å². The number of nitrogens with zero attached hydrogens (tertiary/aromatic N) is 5. The summed E-state index contributed by atoms with van der Waals surface area (Å²) in [4.78, 5) is 20.4. The molecule has 0 radical (unpaired) electrons. The zero-order chi connectivity index (χ0) is 16.6. The van der Waals surface area contributed by atoms with Gasteiger partial charge in [0.05, 0.1) is 7.05 Å². The predicted molar refractivity (Wildman–Crippen MR) is 89.2 cm³/mol. The van der Waals surface area contributed by atoms with E-state index < -0.39 is 15.7 Å². The lowest BCUT2D eigenvalue weighted by Gasteiger charge is -2.28. The van der Waals surface area contributed by atoms with Crippen LogP contribution in [0.25, 0.3) is 0 Å². The maximum Gasteiger partial charge on any atom is 0.342 e. The minimum absolute atomic E-state index is 0.145. The Labute approximate surface area is 138 Å². The second-order valence-corrected chi connectivity index (χ2v) is 7.36. The average molecular weight is 354 g/mol. The zero-order valence-electron chi connectivity index (χ0n) is 12.3. The van der Waals surface area contributed by atoms with Crippen molar-refractivity contribution in [3.8, 4) is 0 Å². The summed E-state index contributed by atoms with van der Waals surface area (Å²) in [7, 11) is -0.0900. The summed E-state index contributed by atoms with van der Waals surface area (Å²) in [5.74, 6) is 2.11. The summed E-state index contributed by atoms with van der Waals surface area (Å²) < 4.78 is 13.5. The Balaban J connectivity index is 1.87. The average Bonchev–Trinajstić information content (AvgIpc) is 3.10. The van der Waals surface area contributed by atoms with Crippen molar-refractivity contribution < 1.29 is 9.13 Å². The van der Waals surface area contributed by atoms with E-state index in [0.29, 0.717) is 5.70 Å². The van der Waals surface area contributed by atoms with Gasteiger partial charge in [0.2, 0.25) is 0 Å². The predicted octanol–water partition coefficient (Wildman–Crippen LogP) is 0.705. The van der Waals surface area contributed by atoms with Crippen LogP contribution in [0.15, 0.2) is 22.3 Å². The summed E-state index contributed by atoms with van der Waals surface area (Å²) in [6.45, 7) is 1.51. The van der Waals surface area contributed by atoms with Gasteiger partial charge in [-0.25, -0.2) is 18.8 Å². The van der Waals surface area contributed by atoms with E-state index in [4.69, 9.17) is 5.41 Å². The smallest absolute Gasteiger partial charge is 0.342 e. The van der Waals surface area contributed by atoms with Crippen molar-refractivity contribution in [1.82, 2.24) is 14.5 Å². The number of aliphatic imine (C=N–C) groups is 1. The van der Waals surface area contributed by atoms with Gasteiger partial charge in [0.15, 0.2) is 5.04 Å². The third kappa shape index (κ3) is 2.93. The van der Waals surface area contributed by atoms with Crippen molar-refractivity contribution in [3.05, 3.63) is 33.2 Å². The number of hydrogen-bond acceptors (Lipinski definition) is 7. The zero-order valence-corrected chi connectivity index (χ0v) is 13.9. The molecule has 0 bridgehead atoms. The Kier molecular flexibility index (Phi) is 4.31. The molecule has 2 aliphatic heterocycles. The van der Waals surface area contributed by atoms with E-state index in [0.717, 1.165) is 30.8 Å². The molecule has 0 aromatic carbocycles. The van der Waals surface area contributed by atoms with Crippen LogP contribution in [0.5, 0.6) is 0 Å². The highest BCUT2D eigenvalue weighted by Gasteiger charge is 2.30. The van der Waals surface area contributed by atoms with Crippen molar-refractivity contribution in [2.45, 2.75) is 0 Å². The first-order valence-corrected chi connectivity index (χ1v) is 9.15.